The first-order valence-electron chi connectivity index (χ1n) is 6.75. The molecule has 2 heteroatoms. The molecule has 0 aliphatic heterocycles. The molecule has 0 spiro atoms. The summed E-state index contributed by atoms with van der Waals surface area (Å²) in [6.45, 7) is 10.0. The number of hydrogen-bond donors (Lipinski definition) is 1. The highest BCUT2D eigenvalue weighted by atomic mass is 16.5. The third-order valence-corrected chi connectivity index (χ3v) is 3.52. The van der Waals surface area contributed by atoms with E-state index in [1.165, 1.54) is 25.7 Å². The van der Waals surface area contributed by atoms with Gasteiger partial charge in [-0.25, -0.2) is 0 Å². The van der Waals surface area contributed by atoms with Gasteiger partial charge < -0.3 is 10.1 Å². The Labute approximate surface area is 101 Å². The third kappa shape index (κ3) is 4.42. The van der Waals surface area contributed by atoms with Crippen LogP contribution in [0.4, 0.5) is 0 Å². The Balaban J connectivity index is 2.49. The minimum Gasteiger partial charge on any atom is -0.379 e. The molecule has 0 bridgehead atoms. The van der Waals surface area contributed by atoms with Gasteiger partial charge in [0.1, 0.15) is 0 Å². The summed E-state index contributed by atoms with van der Waals surface area (Å²) in [5.41, 5.74) is 0.213. The largest absolute Gasteiger partial charge is 0.379 e. The van der Waals surface area contributed by atoms with E-state index in [0.29, 0.717) is 12.1 Å². The summed E-state index contributed by atoms with van der Waals surface area (Å²) < 4.78 is 5.72. The van der Waals surface area contributed by atoms with Gasteiger partial charge in [-0.2, -0.15) is 0 Å². The second-order valence-electron chi connectivity index (χ2n) is 6.21. The van der Waals surface area contributed by atoms with Crippen LogP contribution in [0.3, 0.4) is 0 Å². The zero-order chi connectivity index (χ0) is 12.2. The van der Waals surface area contributed by atoms with Gasteiger partial charge in [-0.1, -0.05) is 40.5 Å². The molecule has 0 aromatic rings. The molecule has 2 atom stereocenters. The molecule has 0 saturated heterocycles. The molecule has 1 N–H and O–H groups in total. The Hall–Kier alpha value is -0.0800. The Morgan fingerprint density at radius 3 is 2.31 bits per heavy atom. The van der Waals surface area contributed by atoms with Crippen LogP contribution >= 0.6 is 0 Å². The van der Waals surface area contributed by atoms with Crippen molar-refractivity contribution in [3.05, 3.63) is 0 Å². The van der Waals surface area contributed by atoms with Crippen molar-refractivity contribution in [3.63, 3.8) is 0 Å². The smallest absolute Gasteiger partial charge is 0.0772 e. The summed E-state index contributed by atoms with van der Waals surface area (Å²) in [6.07, 6.45) is 5.84. The van der Waals surface area contributed by atoms with Crippen molar-refractivity contribution in [1.82, 2.24) is 5.32 Å². The van der Waals surface area contributed by atoms with Crippen molar-refractivity contribution in [3.8, 4) is 0 Å². The van der Waals surface area contributed by atoms with Gasteiger partial charge in [0.2, 0.25) is 0 Å². The second-order valence-corrected chi connectivity index (χ2v) is 6.21. The van der Waals surface area contributed by atoms with Gasteiger partial charge in [0, 0.05) is 13.2 Å². The van der Waals surface area contributed by atoms with Crippen molar-refractivity contribution in [2.24, 2.45) is 11.3 Å². The number of hydrogen-bond acceptors (Lipinski definition) is 2. The van der Waals surface area contributed by atoms with Crippen molar-refractivity contribution in [2.75, 3.05) is 13.7 Å². The maximum absolute atomic E-state index is 5.72. The molecule has 1 fully saturated rings. The zero-order valence-electron chi connectivity index (χ0n) is 11.7. The van der Waals surface area contributed by atoms with Crippen LogP contribution in [-0.2, 0) is 4.74 Å². The van der Waals surface area contributed by atoms with E-state index in [4.69, 9.17) is 4.74 Å². The van der Waals surface area contributed by atoms with Crippen molar-refractivity contribution < 1.29 is 4.74 Å². The standard InChI is InChI=1S/C14H29NO/c1-6-15-12(10-9-11-7-8-11)13(16-5)14(2,3)4/h11-13,15H,6-10H2,1-5H3. The van der Waals surface area contributed by atoms with Crippen molar-refractivity contribution >= 4 is 0 Å². The molecule has 1 aliphatic carbocycles. The van der Waals surface area contributed by atoms with Gasteiger partial charge in [-0.15, -0.1) is 0 Å². The Kier molecular flexibility index (Phi) is 5.26. The fourth-order valence-corrected chi connectivity index (χ4v) is 2.57. The lowest BCUT2D eigenvalue weighted by atomic mass is 9.82. The maximum atomic E-state index is 5.72. The first-order valence-corrected chi connectivity index (χ1v) is 6.75. The summed E-state index contributed by atoms with van der Waals surface area (Å²) in [4.78, 5) is 0. The molecule has 0 amide bonds. The van der Waals surface area contributed by atoms with Crippen LogP contribution in [0.15, 0.2) is 0 Å². The van der Waals surface area contributed by atoms with E-state index in [1.807, 2.05) is 7.11 Å². The maximum Gasteiger partial charge on any atom is 0.0772 e. The summed E-state index contributed by atoms with van der Waals surface area (Å²) in [5, 5.41) is 3.60. The molecule has 1 aliphatic rings. The second kappa shape index (κ2) is 6.02. The van der Waals surface area contributed by atoms with Crippen LogP contribution in [0.2, 0.25) is 0 Å². The molecule has 0 heterocycles. The highest BCUT2D eigenvalue weighted by molar-refractivity contribution is 4.87. The zero-order valence-corrected chi connectivity index (χ0v) is 11.7. The van der Waals surface area contributed by atoms with Gasteiger partial charge >= 0.3 is 0 Å². The molecule has 16 heavy (non-hydrogen) atoms. The van der Waals surface area contributed by atoms with Crippen LogP contribution in [-0.4, -0.2) is 25.8 Å². The van der Waals surface area contributed by atoms with Gasteiger partial charge in [0.05, 0.1) is 6.10 Å². The molecule has 0 radical (unpaired) electrons. The minimum absolute atomic E-state index is 0.213. The first kappa shape index (κ1) is 14.0. The molecular formula is C14H29NO. The molecule has 1 saturated carbocycles. The van der Waals surface area contributed by atoms with Gasteiger partial charge in [-0.3, -0.25) is 0 Å². The van der Waals surface area contributed by atoms with E-state index in [1.54, 1.807) is 0 Å². The summed E-state index contributed by atoms with van der Waals surface area (Å²) >= 11 is 0. The SMILES string of the molecule is CCNC(CCC1CC1)C(OC)C(C)(C)C. The lowest BCUT2D eigenvalue weighted by Gasteiger charge is -2.36. The van der Waals surface area contributed by atoms with Crippen LogP contribution in [0.1, 0.15) is 53.4 Å². The molecule has 2 unspecified atom stereocenters. The predicted octanol–water partition coefficient (Wildman–Crippen LogP) is 3.22. The molecular weight excluding hydrogens is 198 g/mol. The van der Waals surface area contributed by atoms with Gasteiger partial charge in [0.25, 0.3) is 0 Å². The van der Waals surface area contributed by atoms with Gasteiger partial charge in [-0.05, 0) is 30.7 Å². The molecule has 2 nitrogen and oxygen atoms in total. The van der Waals surface area contributed by atoms with E-state index >= 15 is 0 Å². The lowest BCUT2D eigenvalue weighted by molar-refractivity contribution is -0.0134. The summed E-state index contributed by atoms with van der Waals surface area (Å²) in [5.74, 6) is 1.01. The Morgan fingerprint density at radius 2 is 1.94 bits per heavy atom. The van der Waals surface area contributed by atoms with Crippen LogP contribution in [0.25, 0.3) is 0 Å². The molecule has 0 aromatic carbocycles. The minimum atomic E-state index is 0.213. The average Bonchev–Trinajstić information content (AvgIpc) is 2.96. The topological polar surface area (TPSA) is 21.3 Å². The van der Waals surface area contributed by atoms with E-state index in [9.17, 15) is 0 Å². The van der Waals surface area contributed by atoms with Crippen LogP contribution < -0.4 is 5.32 Å². The molecule has 1 rings (SSSR count). The fraction of sp³-hybridized carbons (Fsp3) is 1.00. The normalized spacial score (nSPS) is 20.8. The number of ether oxygens (including phenoxy) is 1. The average molecular weight is 227 g/mol. The number of likely N-dealkylation sites (N-methyl/N-ethyl adjacent to an activating group) is 1. The van der Waals surface area contributed by atoms with Gasteiger partial charge in [0.15, 0.2) is 0 Å². The summed E-state index contributed by atoms with van der Waals surface area (Å²) in [6, 6.07) is 0.510. The van der Waals surface area contributed by atoms with Crippen molar-refractivity contribution in [1.29, 1.82) is 0 Å². The number of rotatable bonds is 7. The molecule has 96 valence electrons. The molecule has 0 aromatic heterocycles. The monoisotopic (exact) mass is 227 g/mol. The lowest BCUT2D eigenvalue weighted by Crippen LogP contribution is -2.47. The van der Waals surface area contributed by atoms with Crippen LogP contribution in [0, 0.1) is 11.3 Å². The quantitative estimate of drug-likeness (QED) is 0.721. The van der Waals surface area contributed by atoms with Crippen LogP contribution in [0.5, 0.6) is 0 Å². The van der Waals surface area contributed by atoms with E-state index in [-0.39, 0.29) is 5.41 Å². The highest BCUT2D eigenvalue weighted by Gasteiger charge is 2.33. The van der Waals surface area contributed by atoms with Crippen molar-refractivity contribution in [2.45, 2.75) is 65.5 Å². The fourth-order valence-electron chi connectivity index (χ4n) is 2.57. The van der Waals surface area contributed by atoms with E-state index in [2.05, 4.69) is 33.0 Å². The summed E-state index contributed by atoms with van der Waals surface area (Å²) in [7, 11) is 1.84. The van der Waals surface area contributed by atoms with E-state index < -0.39 is 0 Å². The first-order chi connectivity index (χ1) is 7.49. The predicted molar refractivity (Wildman–Crippen MR) is 69.7 cm³/mol. The number of nitrogens with one attached hydrogen (secondary N) is 1. The van der Waals surface area contributed by atoms with E-state index in [0.717, 1.165) is 12.5 Å². The Bertz CT molecular complexity index is 193. The third-order valence-electron chi connectivity index (χ3n) is 3.52. The highest BCUT2D eigenvalue weighted by Crippen LogP contribution is 2.35. The Morgan fingerprint density at radius 1 is 1.31 bits per heavy atom. The number of methoxy groups -OCH3 is 1.